The summed E-state index contributed by atoms with van der Waals surface area (Å²) >= 11 is 3.01. The van der Waals surface area contributed by atoms with Crippen LogP contribution in [0.2, 0.25) is 0 Å². The van der Waals surface area contributed by atoms with E-state index in [1.54, 1.807) is 30.0 Å². The minimum absolute atomic E-state index is 0.212. The van der Waals surface area contributed by atoms with Crippen LogP contribution in [-0.2, 0) is 0 Å². The van der Waals surface area contributed by atoms with Crippen molar-refractivity contribution in [2.24, 2.45) is 5.10 Å². The lowest BCUT2D eigenvalue weighted by Gasteiger charge is -1.99. The predicted molar refractivity (Wildman–Crippen MR) is 98.2 cm³/mol. The fourth-order valence-corrected chi connectivity index (χ4v) is 3.63. The molecule has 0 saturated carbocycles. The maximum absolute atomic E-state index is 11.5. The zero-order valence-electron chi connectivity index (χ0n) is 13.4. The molecule has 1 amide bonds. The third-order valence-corrected chi connectivity index (χ3v) is 5.37. The van der Waals surface area contributed by atoms with E-state index in [1.807, 2.05) is 0 Å². The van der Waals surface area contributed by atoms with E-state index in [0.29, 0.717) is 22.4 Å². The summed E-state index contributed by atoms with van der Waals surface area (Å²) in [4.78, 5) is 26.4. The summed E-state index contributed by atoms with van der Waals surface area (Å²) in [5, 5.41) is 9.99. The van der Waals surface area contributed by atoms with Crippen molar-refractivity contribution in [3.63, 3.8) is 0 Å². The number of nitrogens with one attached hydrogen (secondary N) is 2. The van der Waals surface area contributed by atoms with Crippen molar-refractivity contribution in [3.05, 3.63) is 33.4 Å². The van der Waals surface area contributed by atoms with E-state index >= 15 is 0 Å². The predicted octanol–water partition coefficient (Wildman–Crippen LogP) is 3.08. The maximum Gasteiger partial charge on any atom is 0.270 e. The number of hydrazone groups is 1. The second-order valence-corrected chi connectivity index (χ2v) is 7.22. The number of hydrogen-bond donors (Lipinski definition) is 2. The molecule has 0 bridgehead atoms. The first kappa shape index (κ1) is 16.5. The number of fused-ring (bicyclic) bond motifs is 1. The summed E-state index contributed by atoms with van der Waals surface area (Å²) in [5.74, 6) is 0.886. The number of thiazole rings is 1. The van der Waals surface area contributed by atoms with Gasteiger partial charge in [-0.15, -0.1) is 22.7 Å². The highest BCUT2D eigenvalue weighted by molar-refractivity contribution is 7.18. The SMILES string of the molecule is CNC(=O)c1csc(C=NNc2ncnc3sc(C(C)C)cc23)n1. The van der Waals surface area contributed by atoms with Crippen LogP contribution in [0.1, 0.15) is 40.1 Å². The monoisotopic (exact) mass is 360 g/mol. The number of hydrogen-bond acceptors (Lipinski definition) is 8. The van der Waals surface area contributed by atoms with Gasteiger partial charge in [0.2, 0.25) is 0 Å². The largest absolute Gasteiger partial charge is 0.354 e. The number of anilines is 1. The number of rotatable bonds is 5. The molecule has 0 aromatic carbocycles. The van der Waals surface area contributed by atoms with Crippen LogP contribution < -0.4 is 10.7 Å². The van der Waals surface area contributed by atoms with Crippen LogP contribution in [0, 0.1) is 0 Å². The Morgan fingerprint density at radius 3 is 2.96 bits per heavy atom. The minimum atomic E-state index is -0.212. The zero-order valence-corrected chi connectivity index (χ0v) is 15.0. The van der Waals surface area contributed by atoms with Gasteiger partial charge in [0.1, 0.15) is 21.9 Å². The van der Waals surface area contributed by atoms with Crippen molar-refractivity contribution in [3.8, 4) is 0 Å². The van der Waals surface area contributed by atoms with Gasteiger partial charge in [-0.05, 0) is 12.0 Å². The first-order chi connectivity index (χ1) is 11.6. The Morgan fingerprint density at radius 1 is 1.38 bits per heavy atom. The van der Waals surface area contributed by atoms with E-state index in [2.05, 4.69) is 50.7 Å². The Balaban J connectivity index is 1.78. The zero-order chi connectivity index (χ0) is 17.1. The van der Waals surface area contributed by atoms with E-state index in [1.165, 1.54) is 22.5 Å². The molecular weight excluding hydrogens is 344 g/mol. The van der Waals surface area contributed by atoms with Gasteiger partial charge in [-0.3, -0.25) is 10.2 Å². The van der Waals surface area contributed by atoms with Crippen LogP contribution in [0.5, 0.6) is 0 Å². The highest BCUT2D eigenvalue weighted by atomic mass is 32.1. The summed E-state index contributed by atoms with van der Waals surface area (Å²) in [6.45, 7) is 4.30. The lowest BCUT2D eigenvalue weighted by Crippen LogP contribution is -2.18. The molecule has 0 radical (unpaired) electrons. The fraction of sp³-hybridized carbons (Fsp3) is 0.267. The van der Waals surface area contributed by atoms with E-state index in [9.17, 15) is 4.79 Å². The van der Waals surface area contributed by atoms with Gasteiger partial charge in [0.05, 0.1) is 11.6 Å². The van der Waals surface area contributed by atoms with Crippen molar-refractivity contribution in [2.75, 3.05) is 12.5 Å². The third-order valence-electron chi connectivity index (χ3n) is 3.24. The molecule has 3 rings (SSSR count). The Kier molecular flexibility index (Phi) is 4.81. The van der Waals surface area contributed by atoms with Crippen LogP contribution in [-0.4, -0.2) is 34.1 Å². The van der Waals surface area contributed by atoms with Gasteiger partial charge in [0, 0.05) is 17.3 Å². The van der Waals surface area contributed by atoms with Gasteiger partial charge in [-0.1, -0.05) is 13.8 Å². The van der Waals surface area contributed by atoms with Crippen LogP contribution in [0.15, 0.2) is 22.9 Å². The molecule has 2 N–H and O–H groups in total. The number of thiophene rings is 1. The summed E-state index contributed by atoms with van der Waals surface area (Å²) in [5.41, 5.74) is 3.31. The van der Waals surface area contributed by atoms with Crippen molar-refractivity contribution in [1.82, 2.24) is 20.3 Å². The van der Waals surface area contributed by atoms with Crippen molar-refractivity contribution < 1.29 is 4.79 Å². The van der Waals surface area contributed by atoms with Gasteiger partial charge >= 0.3 is 0 Å². The molecule has 0 fully saturated rings. The molecule has 0 spiro atoms. The molecule has 24 heavy (non-hydrogen) atoms. The van der Waals surface area contributed by atoms with Gasteiger partial charge in [-0.2, -0.15) is 5.10 Å². The molecular formula is C15H16N6OS2. The average molecular weight is 360 g/mol. The van der Waals surface area contributed by atoms with Crippen LogP contribution in [0.4, 0.5) is 5.82 Å². The molecule has 0 atom stereocenters. The van der Waals surface area contributed by atoms with Crippen molar-refractivity contribution in [1.29, 1.82) is 0 Å². The Morgan fingerprint density at radius 2 is 2.21 bits per heavy atom. The molecule has 7 nitrogen and oxygen atoms in total. The van der Waals surface area contributed by atoms with E-state index in [0.717, 1.165) is 10.2 Å². The molecule has 0 aliphatic carbocycles. The molecule has 0 saturated heterocycles. The lowest BCUT2D eigenvalue weighted by molar-refractivity contribution is 0.0959. The standard InChI is InChI=1S/C15H16N6OS2/c1-8(2)11-4-9-13(17-7-18-15(9)24-11)21-19-5-12-20-10(6-23-12)14(22)16-3/h4-8H,1-3H3,(H,16,22)(H,17,18,21). The molecule has 0 unspecified atom stereocenters. The molecule has 124 valence electrons. The summed E-state index contributed by atoms with van der Waals surface area (Å²) in [6, 6.07) is 2.09. The van der Waals surface area contributed by atoms with E-state index in [4.69, 9.17) is 0 Å². The summed E-state index contributed by atoms with van der Waals surface area (Å²) in [6.07, 6.45) is 3.09. The van der Waals surface area contributed by atoms with Gasteiger partial charge < -0.3 is 5.32 Å². The van der Waals surface area contributed by atoms with Gasteiger partial charge in [0.25, 0.3) is 5.91 Å². The molecule has 3 aromatic rings. The second-order valence-electron chi connectivity index (χ2n) is 5.26. The van der Waals surface area contributed by atoms with Gasteiger partial charge in [-0.25, -0.2) is 15.0 Å². The first-order valence-corrected chi connectivity index (χ1v) is 8.99. The summed E-state index contributed by atoms with van der Waals surface area (Å²) < 4.78 is 0. The Bertz CT molecular complexity index is 898. The number of nitrogens with zero attached hydrogens (tertiary/aromatic N) is 4. The van der Waals surface area contributed by atoms with Crippen molar-refractivity contribution in [2.45, 2.75) is 19.8 Å². The topological polar surface area (TPSA) is 92.2 Å². The maximum atomic E-state index is 11.5. The first-order valence-electron chi connectivity index (χ1n) is 7.29. The average Bonchev–Trinajstić information content (AvgIpc) is 3.21. The molecule has 3 heterocycles. The highest BCUT2D eigenvalue weighted by Crippen LogP contribution is 2.32. The lowest BCUT2D eigenvalue weighted by atomic mass is 10.2. The Hall–Kier alpha value is -2.39. The minimum Gasteiger partial charge on any atom is -0.354 e. The van der Waals surface area contributed by atoms with E-state index < -0.39 is 0 Å². The number of carbonyl (C=O) groups is 1. The van der Waals surface area contributed by atoms with Gasteiger partial charge in [0.15, 0.2) is 5.82 Å². The normalized spacial score (nSPS) is 11.5. The quantitative estimate of drug-likeness (QED) is 0.539. The number of carbonyl (C=O) groups excluding carboxylic acids is 1. The molecule has 9 heteroatoms. The molecule has 3 aromatic heterocycles. The van der Waals surface area contributed by atoms with Crippen molar-refractivity contribution >= 4 is 50.8 Å². The second kappa shape index (κ2) is 7.02. The van der Waals surface area contributed by atoms with Crippen LogP contribution in [0.3, 0.4) is 0 Å². The number of amides is 1. The summed E-state index contributed by atoms with van der Waals surface area (Å²) in [7, 11) is 1.57. The molecule has 0 aliphatic rings. The third kappa shape index (κ3) is 3.41. The van der Waals surface area contributed by atoms with Crippen LogP contribution in [0.25, 0.3) is 10.2 Å². The Labute approximate surface area is 146 Å². The fourth-order valence-electron chi connectivity index (χ4n) is 1.98. The number of aromatic nitrogens is 3. The van der Waals surface area contributed by atoms with Crippen LogP contribution >= 0.6 is 22.7 Å². The highest BCUT2D eigenvalue weighted by Gasteiger charge is 2.11. The smallest absolute Gasteiger partial charge is 0.270 e. The van der Waals surface area contributed by atoms with E-state index in [-0.39, 0.29) is 5.91 Å². The molecule has 0 aliphatic heterocycles.